The van der Waals surface area contributed by atoms with Crippen molar-refractivity contribution in [1.29, 1.82) is 0 Å². The number of aryl methyl sites for hydroxylation is 1. The van der Waals surface area contributed by atoms with Crippen LogP contribution in [0.3, 0.4) is 0 Å². The van der Waals surface area contributed by atoms with Gasteiger partial charge >= 0.3 is 0 Å². The normalized spacial score (nSPS) is 14.1. The Morgan fingerprint density at radius 3 is 2.46 bits per heavy atom. The average molecular weight is 335 g/mol. The van der Waals surface area contributed by atoms with E-state index in [-0.39, 0.29) is 0 Å². The molecule has 0 saturated carbocycles. The summed E-state index contributed by atoms with van der Waals surface area (Å²) in [6.45, 7) is 2.15. The molecule has 1 aromatic heterocycles. The summed E-state index contributed by atoms with van der Waals surface area (Å²) in [6.07, 6.45) is 8.88. The summed E-state index contributed by atoms with van der Waals surface area (Å²) in [6, 6.07) is 24.4. The number of allylic oxidation sites excluding steroid dienone is 4. The van der Waals surface area contributed by atoms with Crippen LogP contribution in [-0.2, 0) is 0 Å². The van der Waals surface area contributed by atoms with E-state index in [4.69, 9.17) is 0 Å². The van der Waals surface area contributed by atoms with Gasteiger partial charge in [0.25, 0.3) is 0 Å². The minimum absolute atomic E-state index is 1.08. The smallest absolute Gasteiger partial charge is 0.0544 e. The van der Waals surface area contributed by atoms with Gasteiger partial charge in [0, 0.05) is 16.5 Å². The van der Waals surface area contributed by atoms with Crippen LogP contribution < -0.4 is 0 Å². The Morgan fingerprint density at radius 1 is 0.769 bits per heavy atom. The lowest BCUT2D eigenvalue weighted by Gasteiger charge is -2.14. The van der Waals surface area contributed by atoms with Crippen LogP contribution >= 0.6 is 0 Å². The zero-order chi connectivity index (χ0) is 17.5. The molecule has 1 aliphatic rings. The largest absolute Gasteiger partial charge is 0.313 e. The van der Waals surface area contributed by atoms with Gasteiger partial charge in [-0.25, -0.2) is 0 Å². The summed E-state index contributed by atoms with van der Waals surface area (Å²) in [4.78, 5) is 0. The molecule has 1 nitrogen and oxygen atoms in total. The zero-order valence-electron chi connectivity index (χ0n) is 14.9. The van der Waals surface area contributed by atoms with Gasteiger partial charge in [0.2, 0.25) is 0 Å². The van der Waals surface area contributed by atoms with Gasteiger partial charge in [0.05, 0.1) is 11.0 Å². The van der Waals surface area contributed by atoms with Crippen molar-refractivity contribution in [3.8, 4) is 11.1 Å². The predicted molar refractivity (Wildman–Crippen MR) is 112 cm³/mol. The van der Waals surface area contributed by atoms with E-state index in [0.29, 0.717) is 0 Å². The number of hydrogen-bond donors (Lipinski definition) is 0. The zero-order valence-corrected chi connectivity index (χ0v) is 14.9. The molecule has 0 amide bonds. The summed E-state index contributed by atoms with van der Waals surface area (Å²) in [5.41, 5.74) is 7.82. The fraction of sp³-hybridized carbons (Fsp3) is 0.120. The van der Waals surface area contributed by atoms with Crippen molar-refractivity contribution in [3.63, 3.8) is 0 Å². The molecule has 1 heterocycles. The topological polar surface area (TPSA) is 4.93 Å². The average Bonchev–Trinajstić information content (AvgIpc) is 3.02. The van der Waals surface area contributed by atoms with Gasteiger partial charge in [-0.05, 0) is 49.1 Å². The molecule has 5 rings (SSSR count). The fourth-order valence-electron chi connectivity index (χ4n) is 4.06. The van der Waals surface area contributed by atoms with Crippen molar-refractivity contribution < 1.29 is 0 Å². The highest BCUT2D eigenvalue weighted by molar-refractivity contribution is 6.11. The lowest BCUT2D eigenvalue weighted by molar-refractivity contribution is 0.979. The van der Waals surface area contributed by atoms with Crippen LogP contribution in [0.15, 0.2) is 85.0 Å². The molecule has 126 valence electrons. The van der Waals surface area contributed by atoms with Crippen molar-refractivity contribution in [1.82, 2.24) is 4.57 Å². The summed E-state index contributed by atoms with van der Waals surface area (Å²) in [5.74, 6) is 0. The first-order valence-corrected chi connectivity index (χ1v) is 9.27. The van der Waals surface area contributed by atoms with Gasteiger partial charge in [0.15, 0.2) is 0 Å². The quantitative estimate of drug-likeness (QED) is 0.373. The van der Waals surface area contributed by atoms with E-state index in [1.165, 1.54) is 44.2 Å². The number of rotatable bonds is 2. The maximum absolute atomic E-state index is 2.45. The number of para-hydroxylation sites is 1. The molecule has 1 heteroatoms. The number of benzene rings is 3. The van der Waals surface area contributed by atoms with E-state index in [2.05, 4.69) is 96.4 Å². The molecule has 0 aliphatic heterocycles. The van der Waals surface area contributed by atoms with E-state index in [0.717, 1.165) is 12.8 Å². The van der Waals surface area contributed by atoms with Crippen molar-refractivity contribution in [2.24, 2.45) is 0 Å². The molecule has 0 N–H and O–H groups in total. The van der Waals surface area contributed by atoms with Crippen molar-refractivity contribution in [2.75, 3.05) is 0 Å². The molecule has 4 aromatic rings. The highest BCUT2D eigenvalue weighted by Crippen LogP contribution is 2.36. The van der Waals surface area contributed by atoms with Gasteiger partial charge < -0.3 is 4.57 Å². The molecule has 0 atom stereocenters. The molecular weight excluding hydrogens is 314 g/mol. The Bertz CT molecular complexity index is 1190. The van der Waals surface area contributed by atoms with Crippen molar-refractivity contribution in [2.45, 2.75) is 19.8 Å². The van der Waals surface area contributed by atoms with Crippen LogP contribution in [0.5, 0.6) is 0 Å². The minimum Gasteiger partial charge on any atom is -0.313 e. The molecule has 0 unspecified atom stereocenters. The maximum Gasteiger partial charge on any atom is 0.0544 e. The highest BCUT2D eigenvalue weighted by atomic mass is 15.0. The van der Waals surface area contributed by atoms with Gasteiger partial charge in [-0.15, -0.1) is 0 Å². The fourth-order valence-corrected chi connectivity index (χ4v) is 4.06. The molecule has 26 heavy (non-hydrogen) atoms. The summed E-state index contributed by atoms with van der Waals surface area (Å²) in [5, 5.41) is 2.65. The second-order valence-electron chi connectivity index (χ2n) is 7.08. The first-order chi connectivity index (χ1) is 12.8. The Balaban J connectivity index is 1.83. The predicted octanol–water partition coefficient (Wildman–Crippen LogP) is 6.96. The molecule has 0 bridgehead atoms. The Labute approximate surface area is 153 Å². The van der Waals surface area contributed by atoms with Crippen LogP contribution in [0.25, 0.3) is 38.6 Å². The van der Waals surface area contributed by atoms with E-state index in [1.807, 2.05) is 0 Å². The lowest BCUT2D eigenvalue weighted by atomic mass is 10.0. The Morgan fingerprint density at radius 2 is 1.62 bits per heavy atom. The van der Waals surface area contributed by atoms with Gasteiger partial charge in [0.1, 0.15) is 0 Å². The summed E-state index contributed by atoms with van der Waals surface area (Å²) >= 11 is 0. The van der Waals surface area contributed by atoms with Crippen LogP contribution in [0.1, 0.15) is 18.4 Å². The lowest BCUT2D eigenvalue weighted by Crippen LogP contribution is -1.98. The second kappa shape index (κ2) is 6.03. The Kier molecular flexibility index (Phi) is 3.53. The third-order valence-corrected chi connectivity index (χ3v) is 5.30. The number of fused-ring (bicyclic) bond motifs is 3. The Hall–Kier alpha value is -3.06. The molecule has 0 spiro atoms. The first kappa shape index (κ1) is 15.2. The molecule has 0 fully saturated rings. The third kappa shape index (κ3) is 2.40. The van der Waals surface area contributed by atoms with Gasteiger partial charge in [-0.2, -0.15) is 0 Å². The van der Waals surface area contributed by atoms with Crippen LogP contribution in [0.4, 0.5) is 0 Å². The van der Waals surface area contributed by atoms with E-state index < -0.39 is 0 Å². The van der Waals surface area contributed by atoms with E-state index >= 15 is 0 Å². The standard InChI is InChI=1S/C25H21N/c1-18-8-7-9-19(16-18)20-14-15-23-22-12-5-6-13-24(22)26(25(23)17-20)21-10-3-2-4-11-21/h2-3,5-10,12-17H,4,11H2,1H3. The highest BCUT2D eigenvalue weighted by Gasteiger charge is 2.14. The van der Waals surface area contributed by atoms with Gasteiger partial charge in [-0.3, -0.25) is 0 Å². The maximum atomic E-state index is 2.45. The van der Waals surface area contributed by atoms with E-state index in [1.54, 1.807) is 0 Å². The van der Waals surface area contributed by atoms with Crippen molar-refractivity contribution >= 4 is 27.5 Å². The van der Waals surface area contributed by atoms with Crippen molar-refractivity contribution in [3.05, 3.63) is 90.5 Å². The minimum atomic E-state index is 1.08. The number of hydrogen-bond acceptors (Lipinski definition) is 0. The van der Waals surface area contributed by atoms with Crippen LogP contribution in [0, 0.1) is 6.92 Å². The second-order valence-corrected chi connectivity index (χ2v) is 7.08. The van der Waals surface area contributed by atoms with E-state index in [9.17, 15) is 0 Å². The molecule has 0 radical (unpaired) electrons. The van der Waals surface area contributed by atoms with Gasteiger partial charge in [-0.1, -0.05) is 72.3 Å². The number of aromatic nitrogens is 1. The number of nitrogens with zero attached hydrogens (tertiary/aromatic N) is 1. The molecule has 0 saturated heterocycles. The molecular formula is C25H21N. The summed E-state index contributed by atoms with van der Waals surface area (Å²) in [7, 11) is 0. The SMILES string of the molecule is Cc1cccc(-c2ccc3c4ccccc4n(C4=CC=CCC4)c3c2)c1. The summed E-state index contributed by atoms with van der Waals surface area (Å²) < 4.78 is 2.45. The van der Waals surface area contributed by atoms with Crippen LogP contribution in [-0.4, -0.2) is 4.57 Å². The first-order valence-electron chi connectivity index (χ1n) is 9.27. The monoisotopic (exact) mass is 335 g/mol. The molecule has 1 aliphatic carbocycles. The third-order valence-electron chi connectivity index (χ3n) is 5.30. The van der Waals surface area contributed by atoms with Crippen LogP contribution in [0.2, 0.25) is 0 Å². The molecule has 3 aromatic carbocycles.